The topological polar surface area (TPSA) is 101 Å². The number of benzene rings is 1. The molecule has 1 unspecified atom stereocenters. The van der Waals surface area contributed by atoms with Gasteiger partial charge in [0.1, 0.15) is 13.2 Å². The van der Waals surface area contributed by atoms with Crippen molar-refractivity contribution in [2.24, 2.45) is 5.92 Å². The van der Waals surface area contributed by atoms with E-state index in [1.165, 1.54) is 12.3 Å². The molecule has 0 spiro atoms. The molecule has 0 saturated carbocycles. The largest absolute Gasteiger partial charge is 0.504 e. The SMILES string of the molecule is O=C(Nc1ncccc1O)C1CC(=O)N(c2ccc3c(c2)OCCO3)C1. The molecule has 2 N–H and O–H groups in total. The minimum absolute atomic E-state index is 0.0859. The van der Waals surface area contributed by atoms with Crippen LogP contribution in [0, 0.1) is 5.92 Å². The number of ether oxygens (including phenoxy) is 2. The highest BCUT2D eigenvalue weighted by atomic mass is 16.6. The number of pyridine rings is 1. The maximum Gasteiger partial charge on any atom is 0.231 e. The highest BCUT2D eigenvalue weighted by Gasteiger charge is 2.36. The molecule has 1 saturated heterocycles. The molecule has 0 bridgehead atoms. The second-order valence-corrected chi connectivity index (χ2v) is 6.09. The summed E-state index contributed by atoms with van der Waals surface area (Å²) in [5.74, 6) is 0.174. The van der Waals surface area contributed by atoms with Crippen molar-refractivity contribution in [3.63, 3.8) is 0 Å². The van der Waals surface area contributed by atoms with E-state index in [0.717, 1.165) is 0 Å². The van der Waals surface area contributed by atoms with Gasteiger partial charge in [0.05, 0.1) is 5.92 Å². The first kappa shape index (κ1) is 16.2. The standard InChI is InChI=1S/C18H17N3O5/c22-13-2-1-5-19-17(13)20-18(24)11-8-16(23)21(10-11)12-3-4-14-15(9-12)26-7-6-25-14/h1-5,9,11,22H,6-8,10H2,(H,19,20,24). The van der Waals surface area contributed by atoms with Crippen LogP contribution in [0.25, 0.3) is 0 Å². The molecule has 1 aromatic carbocycles. The quantitative estimate of drug-likeness (QED) is 0.866. The fourth-order valence-electron chi connectivity index (χ4n) is 3.04. The van der Waals surface area contributed by atoms with Crippen molar-refractivity contribution >= 4 is 23.3 Å². The number of hydrogen-bond donors (Lipinski definition) is 2. The highest BCUT2D eigenvalue weighted by Crippen LogP contribution is 2.36. The Labute approximate surface area is 149 Å². The first-order valence-electron chi connectivity index (χ1n) is 8.26. The molecule has 134 valence electrons. The van der Waals surface area contributed by atoms with Crippen molar-refractivity contribution in [2.45, 2.75) is 6.42 Å². The number of nitrogens with zero attached hydrogens (tertiary/aromatic N) is 2. The van der Waals surface area contributed by atoms with Gasteiger partial charge in [-0.15, -0.1) is 0 Å². The van der Waals surface area contributed by atoms with Gasteiger partial charge in [-0.05, 0) is 24.3 Å². The van der Waals surface area contributed by atoms with Crippen LogP contribution in [0.5, 0.6) is 17.2 Å². The maximum absolute atomic E-state index is 12.4. The molecule has 0 aliphatic carbocycles. The van der Waals surface area contributed by atoms with Crippen molar-refractivity contribution in [3.8, 4) is 17.2 Å². The predicted molar refractivity (Wildman–Crippen MR) is 92.4 cm³/mol. The highest BCUT2D eigenvalue weighted by molar-refractivity contribution is 6.03. The lowest BCUT2D eigenvalue weighted by atomic mass is 10.1. The fourth-order valence-corrected chi connectivity index (χ4v) is 3.04. The van der Waals surface area contributed by atoms with Gasteiger partial charge in [0.2, 0.25) is 11.8 Å². The monoisotopic (exact) mass is 355 g/mol. The van der Waals surface area contributed by atoms with Crippen LogP contribution in [-0.4, -0.2) is 41.7 Å². The molecular formula is C18H17N3O5. The Hall–Kier alpha value is -3.29. The number of nitrogens with one attached hydrogen (secondary N) is 1. The molecule has 2 aromatic rings. The Bertz CT molecular complexity index is 870. The van der Waals surface area contributed by atoms with Gasteiger partial charge in [0.15, 0.2) is 23.1 Å². The summed E-state index contributed by atoms with van der Waals surface area (Å²) in [4.78, 5) is 30.3. The molecule has 8 nitrogen and oxygen atoms in total. The molecule has 0 radical (unpaired) electrons. The van der Waals surface area contributed by atoms with Crippen LogP contribution < -0.4 is 19.7 Å². The summed E-state index contributed by atoms with van der Waals surface area (Å²) >= 11 is 0. The molecule has 2 aliphatic heterocycles. The smallest absolute Gasteiger partial charge is 0.231 e. The first-order valence-corrected chi connectivity index (χ1v) is 8.26. The van der Waals surface area contributed by atoms with Crippen molar-refractivity contribution in [2.75, 3.05) is 30.0 Å². The number of carbonyl (C=O) groups is 2. The van der Waals surface area contributed by atoms with Gasteiger partial charge in [0.25, 0.3) is 0 Å². The van der Waals surface area contributed by atoms with E-state index < -0.39 is 5.92 Å². The van der Waals surface area contributed by atoms with E-state index in [4.69, 9.17) is 9.47 Å². The molecule has 8 heteroatoms. The van der Waals surface area contributed by atoms with E-state index in [2.05, 4.69) is 10.3 Å². The zero-order valence-corrected chi connectivity index (χ0v) is 13.8. The third kappa shape index (κ3) is 3.01. The summed E-state index contributed by atoms with van der Waals surface area (Å²) in [7, 11) is 0. The Morgan fingerprint density at radius 2 is 2.04 bits per heavy atom. The average Bonchev–Trinajstić information content (AvgIpc) is 3.05. The van der Waals surface area contributed by atoms with Crippen LogP contribution in [0.4, 0.5) is 11.5 Å². The third-order valence-corrected chi connectivity index (χ3v) is 4.36. The second-order valence-electron chi connectivity index (χ2n) is 6.09. The minimum atomic E-state index is -0.530. The van der Waals surface area contributed by atoms with Crippen LogP contribution in [-0.2, 0) is 9.59 Å². The van der Waals surface area contributed by atoms with E-state index >= 15 is 0 Å². The van der Waals surface area contributed by atoms with E-state index in [1.807, 2.05) is 0 Å². The lowest BCUT2D eigenvalue weighted by Crippen LogP contribution is -2.28. The molecule has 1 fully saturated rings. The van der Waals surface area contributed by atoms with Crippen LogP contribution in [0.2, 0.25) is 0 Å². The maximum atomic E-state index is 12.4. The summed E-state index contributed by atoms with van der Waals surface area (Å²) < 4.78 is 11.0. The van der Waals surface area contributed by atoms with Gasteiger partial charge < -0.3 is 24.8 Å². The molecule has 1 aromatic heterocycles. The number of carbonyl (C=O) groups excluding carboxylic acids is 2. The zero-order valence-electron chi connectivity index (χ0n) is 13.8. The number of aromatic hydroxyl groups is 1. The van der Waals surface area contributed by atoms with Crippen molar-refractivity contribution < 1.29 is 24.2 Å². The lowest BCUT2D eigenvalue weighted by molar-refractivity contribution is -0.122. The number of rotatable bonds is 3. The van der Waals surface area contributed by atoms with E-state index in [1.54, 1.807) is 29.2 Å². The average molecular weight is 355 g/mol. The molecule has 4 rings (SSSR count). The second kappa shape index (κ2) is 6.55. The van der Waals surface area contributed by atoms with Crippen molar-refractivity contribution in [1.29, 1.82) is 0 Å². The van der Waals surface area contributed by atoms with Crippen LogP contribution in [0.15, 0.2) is 36.5 Å². The fraction of sp³-hybridized carbons (Fsp3) is 0.278. The molecule has 1 atom stereocenters. The summed E-state index contributed by atoms with van der Waals surface area (Å²) in [6.07, 6.45) is 1.56. The van der Waals surface area contributed by atoms with E-state index in [9.17, 15) is 14.7 Å². The van der Waals surface area contributed by atoms with E-state index in [0.29, 0.717) is 30.4 Å². The number of anilines is 2. The number of hydrogen-bond acceptors (Lipinski definition) is 6. The number of aromatic nitrogens is 1. The first-order chi connectivity index (χ1) is 12.6. The van der Waals surface area contributed by atoms with Gasteiger partial charge in [-0.2, -0.15) is 0 Å². The predicted octanol–water partition coefficient (Wildman–Crippen LogP) is 1.55. The molecule has 2 amide bonds. The Morgan fingerprint density at radius 3 is 2.85 bits per heavy atom. The van der Waals surface area contributed by atoms with Crippen molar-refractivity contribution in [1.82, 2.24) is 4.98 Å². The third-order valence-electron chi connectivity index (χ3n) is 4.36. The van der Waals surface area contributed by atoms with Crippen molar-refractivity contribution in [3.05, 3.63) is 36.5 Å². The Balaban J connectivity index is 1.48. The molecule has 26 heavy (non-hydrogen) atoms. The van der Waals surface area contributed by atoms with Gasteiger partial charge in [-0.25, -0.2) is 4.98 Å². The summed E-state index contributed by atoms with van der Waals surface area (Å²) in [6.45, 7) is 1.21. The molecule has 3 heterocycles. The zero-order chi connectivity index (χ0) is 18.1. The molecular weight excluding hydrogens is 338 g/mol. The number of amides is 2. The van der Waals surface area contributed by atoms with Crippen LogP contribution in [0.3, 0.4) is 0 Å². The van der Waals surface area contributed by atoms with E-state index in [-0.39, 0.29) is 36.3 Å². The summed E-state index contributed by atoms with van der Waals surface area (Å²) in [5.41, 5.74) is 0.662. The molecule has 2 aliphatic rings. The van der Waals surface area contributed by atoms with Gasteiger partial charge >= 0.3 is 0 Å². The number of fused-ring (bicyclic) bond motifs is 1. The van der Waals surface area contributed by atoms with Crippen LogP contribution >= 0.6 is 0 Å². The Kier molecular flexibility index (Phi) is 4.08. The van der Waals surface area contributed by atoms with Gasteiger partial charge in [-0.3, -0.25) is 9.59 Å². The normalized spacial score (nSPS) is 18.7. The van der Waals surface area contributed by atoms with Crippen LogP contribution in [0.1, 0.15) is 6.42 Å². The summed E-state index contributed by atoms with van der Waals surface area (Å²) in [6, 6.07) is 8.28. The summed E-state index contributed by atoms with van der Waals surface area (Å²) in [5, 5.41) is 12.3. The van der Waals surface area contributed by atoms with Gasteiger partial charge in [-0.1, -0.05) is 0 Å². The lowest BCUT2D eigenvalue weighted by Gasteiger charge is -2.22. The van der Waals surface area contributed by atoms with Gasteiger partial charge in [0, 0.05) is 30.9 Å². The Morgan fingerprint density at radius 1 is 1.23 bits per heavy atom. The minimum Gasteiger partial charge on any atom is -0.504 e.